The molecule has 2 atom stereocenters. The quantitative estimate of drug-likeness (QED) is 0.134. The van der Waals surface area contributed by atoms with Crippen molar-refractivity contribution in [2.45, 2.75) is 57.3 Å². The predicted octanol–water partition coefficient (Wildman–Crippen LogP) is 7.49. The molecule has 2 aliphatic carbocycles. The topological polar surface area (TPSA) is 73.5 Å². The van der Waals surface area contributed by atoms with Gasteiger partial charge in [0.2, 0.25) is 5.91 Å². The van der Waals surface area contributed by atoms with Gasteiger partial charge in [0.15, 0.2) is 0 Å². The van der Waals surface area contributed by atoms with Gasteiger partial charge in [0.25, 0.3) is 5.91 Å². The van der Waals surface area contributed by atoms with Crippen molar-refractivity contribution >= 4 is 35.0 Å². The van der Waals surface area contributed by atoms with Crippen LogP contribution in [0, 0.1) is 5.92 Å². The second-order valence-corrected chi connectivity index (χ2v) is 13.2. The Morgan fingerprint density at radius 1 is 0.894 bits per heavy atom. The molecule has 6 nitrogen and oxygen atoms in total. The highest BCUT2D eigenvalue weighted by molar-refractivity contribution is 6.42. The van der Waals surface area contributed by atoms with Gasteiger partial charge in [-0.15, -0.1) is 0 Å². The van der Waals surface area contributed by atoms with Crippen LogP contribution in [-0.4, -0.2) is 48.4 Å². The standard InChI is InChI=1S/C33H32Cl2F6N4O2/c1-17(2)7-28(43-24-15-45(16-24)14-21-8-18-3-5-25(18)21)31(47)44-29(19-4-6-26(34)27(35)11-19)13-42-30(46)20-9-22(32(36,37)38)12-23(10-20)33(39,40)41/h3-6,8-12,17,24,28-29,43H,7,13-16H2,1-2H3,(H,42,46)(H,44,47). The molecule has 1 heterocycles. The van der Waals surface area contributed by atoms with Gasteiger partial charge in [-0.3, -0.25) is 14.5 Å². The van der Waals surface area contributed by atoms with E-state index in [1.165, 1.54) is 28.8 Å². The lowest BCUT2D eigenvalue weighted by Crippen LogP contribution is -2.62. The monoisotopic (exact) mass is 700 g/mol. The molecular weight excluding hydrogens is 669 g/mol. The molecule has 0 spiro atoms. The minimum Gasteiger partial charge on any atom is -0.350 e. The lowest BCUT2D eigenvalue weighted by Gasteiger charge is -2.42. The molecule has 0 saturated carbocycles. The number of benzene rings is 3. The third-order valence-corrected chi connectivity index (χ3v) is 8.95. The minimum absolute atomic E-state index is 0.0532. The van der Waals surface area contributed by atoms with Crippen LogP contribution in [0.4, 0.5) is 26.3 Å². The van der Waals surface area contributed by atoms with Crippen LogP contribution in [0.5, 0.6) is 0 Å². The zero-order chi connectivity index (χ0) is 34.3. The van der Waals surface area contributed by atoms with E-state index in [0.29, 0.717) is 24.1 Å². The Morgan fingerprint density at radius 3 is 2.06 bits per heavy atom. The number of nitrogens with one attached hydrogen (secondary N) is 3. The SMILES string of the molecule is CC(C)CC(NC1CN(Cc2cc3ccc2-3)C1)C(=O)NC(CNC(=O)c1cc(C(F)(F)F)cc(C(F)(F)F)c1)c1ccc(Cl)c(Cl)c1. The molecule has 2 aromatic carbocycles. The molecule has 47 heavy (non-hydrogen) atoms. The van der Waals surface area contributed by atoms with Crippen LogP contribution in [0.1, 0.15) is 58.9 Å². The Kier molecular flexibility index (Phi) is 10.2. The number of halogens is 8. The van der Waals surface area contributed by atoms with Crippen molar-refractivity contribution in [3.63, 3.8) is 0 Å². The molecule has 2 aromatic rings. The van der Waals surface area contributed by atoms with Crippen molar-refractivity contribution in [3.8, 4) is 11.1 Å². The molecule has 1 aliphatic heterocycles. The highest BCUT2D eigenvalue weighted by Crippen LogP contribution is 2.38. The first kappa shape index (κ1) is 35.0. The summed E-state index contributed by atoms with van der Waals surface area (Å²) < 4.78 is 80.3. The van der Waals surface area contributed by atoms with Crippen molar-refractivity contribution < 1.29 is 35.9 Å². The highest BCUT2D eigenvalue weighted by atomic mass is 35.5. The average molecular weight is 702 g/mol. The largest absolute Gasteiger partial charge is 0.416 e. The van der Waals surface area contributed by atoms with Gasteiger partial charge in [0.1, 0.15) is 0 Å². The van der Waals surface area contributed by atoms with Crippen molar-refractivity contribution in [2.75, 3.05) is 19.6 Å². The molecule has 2 amide bonds. The van der Waals surface area contributed by atoms with Gasteiger partial charge in [0.05, 0.1) is 33.3 Å². The van der Waals surface area contributed by atoms with Crippen LogP contribution in [0.2, 0.25) is 10.0 Å². The Balaban J connectivity index is 1.29. The van der Waals surface area contributed by atoms with Gasteiger partial charge in [-0.05, 0) is 71.0 Å². The fourth-order valence-corrected chi connectivity index (χ4v) is 5.99. The normalized spacial score (nSPS) is 16.1. The van der Waals surface area contributed by atoms with Crippen LogP contribution >= 0.6 is 23.2 Å². The van der Waals surface area contributed by atoms with Crippen molar-refractivity contribution in [3.05, 3.63) is 92.5 Å². The van der Waals surface area contributed by atoms with Crippen LogP contribution < -0.4 is 16.0 Å². The van der Waals surface area contributed by atoms with E-state index in [1.54, 1.807) is 6.07 Å². The Bertz CT molecular complexity index is 1620. The summed E-state index contributed by atoms with van der Waals surface area (Å²) in [6.45, 7) is 5.89. The molecule has 0 radical (unpaired) electrons. The summed E-state index contributed by atoms with van der Waals surface area (Å²) in [6.07, 6.45) is -9.75. The van der Waals surface area contributed by atoms with E-state index < -0.39 is 52.9 Å². The van der Waals surface area contributed by atoms with Gasteiger partial charge in [-0.25, -0.2) is 0 Å². The lowest BCUT2D eigenvalue weighted by molar-refractivity contribution is -0.143. The van der Waals surface area contributed by atoms with Crippen molar-refractivity contribution in [1.82, 2.24) is 20.9 Å². The second-order valence-electron chi connectivity index (χ2n) is 12.4. The summed E-state index contributed by atoms with van der Waals surface area (Å²) >= 11 is 12.3. The Hall–Kier alpha value is -3.32. The first-order valence-electron chi connectivity index (χ1n) is 14.9. The van der Waals surface area contributed by atoms with E-state index in [4.69, 9.17) is 23.2 Å². The summed E-state index contributed by atoms with van der Waals surface area (Å²) in [4.78, 5) is 28.9. The number of hydrogen-bond acceptors (Lipinski definition) is 4. The Labute approximate surface area is 277 Å². The summed E-state index contributed by atoms with van der Waals surface area (Å²) in [5, 5.41) is 9.05. The first-order chi connectivity index (χ1) is 22.0. The number of likely N-dealkylation sites (tertiary alicyclic amines) is 1. The number of nitrogens with zero attached hydrogens (tertiary/aromatic N) is 1. The molecule has 1 saturated heterocycles. The van der Waals surface area contributed by atoms with E-state index in [2.05, 4.69) is 39.0 Å². The third kappa shape index (κ3) is 8.40. The first-order valence-corrected chi connectivity index (χ1v) is 15.7. The van der Waals surface area contributed by atoms with Crippen molar-refractivity contribution in [1.29, 1.82) is 0 Å². The molecule has 0 bridgehead atoms. The smallest absolute Gasteiger partial charge is 0.350 e. The van der Waals surface area contributed by atoms with Crippen LogP contribution in [0.25, 0.3) is 11.1 Å². The zero-order valence-electron chi connectivity index (χ0n) is 25.3. The second kappa shape index (κ2) is 13.7. The van der Waals surface area contributed by atoms with Crippen molar-refractivity contribution in [2.24, 2.45) is 5.92 Å². The minimum atomic E-state index is -5.12. The van der Waals surface area contributed by atoms with E-state index >= 15 is 0 Å². The van der Waals surface area contributed by atoms with Gasteiger partial charge >= 0.3 is 12.4 Å². The zero-order valence-corrected chi connectivity index (χ0v) is 26.8. The summed E-state index contributed by atoms with van der Waals surface area (Å²) in [5.74, 6) is -1.44. The molecule has 1 fully saturated rings. The maximum Gasteiger partial charge on any atom is 0.416 e. The predicted molar refractivity (Wildman–Crippen MR) is 167 cm³/mol. The average Bonchev–Trinajstić information content (AvgIpc) is 2.95. The molecule has 0 aromatic heterocycles. The van der Waals surface area contributed by atoms with Gasteiger partial charge in [-0.1, -0.05) is 55.2 Å². The fraction of sp³-hybridized carbons (Fsp3) is 0.394. The summed E-state index contributed by atoms with van der Waals surface area (Å²) in [7, 11) is 0. The summed E-state index contributed by atoms with van der Waals surface area (Å²) in [5.41, 5.74) is 0.219. The van der Waals surface area contributed by atoms with Crippen LogP contribution in [-0.2, 0) is 23.7 Å². The third-order valence-electron chi connectivity index (χ3n) is 8.21. The number of carbonyl (C=O) groups excluding carboxylic acids is 2. The number of alkyl halides is 6. The van der Waals surface area contributed by atoms with Gasteiger partial charge in [0, 0.05) is 37.8 Å². The number of rotatable bonds is 12. The lowest BCUT2D eigenvalue weighted by atomic mass is 9.86. The number of hydrogen-bond donors (Lipinski definition) is 3. The van der Waals surface area contributed by atoms with Gasteiger partial charge in [-0.2, -0.15) is 26.3 Å². The van der Waals surface area contributed by atoms with E-state index in [0.717, 1.165) is 19.6 Å². The van der Waals surface area contributed by atoms with Gasteiger partial charge < -0.3 is 16.0 Å². The number of fused-ring (bicyclic) bond motifs is 1. The molecular formula is C33H32Cl2F6N4O2. The molecule has 2 unspecified atom stereocenters. The maximum atomic E-state index is 13.7. The number of amides is 2. The molecule has 5 rings (SSSR count). The Morgan fingerprint density at radius 2 is 1.55 bits per heavy atom. The number of carbonyl (C=O) groups is 2. The fourth-order valence-electron chi connectivity index (χ4n) is 5.69. The maximum absolute atomic E-state index is 13.7. The highest BCUT2D eigenvalue weighted by Gasteiger charge is 2.38. The molecule has 14 heteroatoms. The van der Waals surface area contributed by atoms with E-state index in [1.807, 2.05) is 13.8 Å². The molecule has 3 aliphatic rings. The van der Waals surface area contributed by atoms with E-state index in [9.17, 15) is 35.9 Å². The molecule has 252 valence electrons. The van der Waals surface area contributed by atoms with Crippen LogP contribution in [0.15, 0.2) is 54.6 Å². The van der Waals surface area contributed by atoms with E-state index in [-0.39, 0.29) is 34.6 Å². The van der Waals surface area contributed by atoms with Crippen LogP contribution in [0.3, 0.4) is 0 Å². The molecule has 3 N–H and O–H groups in total. The summed E-state index contributed by atoms with van der Waals surface area (Å²) in [6, 6.07) is 9.96.